The van der Waals surface area contributed by atoms with Crippen LogP contribution >= 0.6 is 0 Å². The van der Waals surface area contributed by atoms with Crippen molar-refractivity contribution < 1.29 is 8.83 Å². The molecule has 17 nitrogen and oxygen atoms in total. The fourth-order valence-corrected chi connectivity index (χ4v) is 15.0. The third-order valence-corrected chi connectivity index (χ3v) is 22.2. The van der Waals surface area contributed by atoms with Gasteiger partial charge in [0.2, 0.25) is 29.1 Å². The summed E-state index contributed by atoms with van der Waals surface area (Å²) in [6.45, 7) is 57.6. The van der Waals surface area contributed by atoms with Crippen LogP contribution in [0.25, 0.3) is 101 Å². The number of aryl methyl sites for hydroxylation is 5. The Kier molecular flexibility index (Phi) is 22.0. The van der Waals surface area contributed by atoms with Crippen molar-refractivity contribution in [2.75, 3.05) is 59.7 Å². The van der Waals surface area contributed by atoms with Crippen LogP contribution in [0.5, 0.6) is 0 Å². The van der Waals surface area contributed by atoms with E-state index in [9.17, 15) is 0 Å². The average molecular weight is 1470 g/mol. The number of anilines is 5. The lowest BCUT2D eigenvalue weighted by Gasteiger charge is -2.28. The standard InChI is InChI=1S/2C19H17N3O.3C19H19N3/c1-12-9-15-14-7-5-6-8-17(14)23-18(15)10-16(12)22-11-19(20-3)21(4)13(22)2;1-12-9-10-15-14-7-5-6-8-16(14)23-19(15)18(12)22-11-17(20-3)21(4)13(22)2;1-14-9-8-12-17(16-10-6-5-7-11-16)19(14)22-13-18(20-3)21(4)15(22)2;1-14-12-17(16-8-6-5-7-9-16)10-11-18(14)22-13-19(20-3)21(4)15(22)2;1-14-10-11-17(16-8-6-5-7-9-16)12-18(14)22-13-19(20-3)21(4)15(22)2/h2*5-11,13H,1-2,4H3;3*5-13,15H,1-2,4H3/t2*13-;3*15-/m00000/s1. The molecule has 5 aliphatic rings. The molecule has 17 rings (SSSR count). The fourth-order valence-electron chi connectivity index (χ4n) is 15.0. The van der Waals surface area contributed by atoms with Crippen LogP contribution in [0.3, 0.4) is 0 Å². The minimum absolute atomic E-state index is 0.0802. The maximum Gasteiger partial charge on any atom is 0.243 e. The minimum Gasteiger partial charge on any atom is -0.456 e. The molecule has 5 atom stereocenters. The van der Waals surface area contributed by atoms with E-state index in [4.69, 9.17) is 41.7 Å². The fraction of sp³-hybridized carbons (Fsp3) is 0.211. The highest BCUT2D eigenvalue weighted by Gasteiger charge is 2.36. The molecule has 0 radical (unpaired) electrons. The summed E-state index contributed by atoms with van der Waals surface area (Å²) in [6, 6.07) is 75.2. The van der Waals surface area contributed by atoms with Crippen molar-refractivity contribution in [2.45, 2.75) is 100 Å². The van der Waals surface area contributed by atoms with Gasteiger partial charge in [-0.15, -0.1) is 0 Å². The Morgan fingerprint density at radius 1 is 0.268 bits per heavy atom. The van der Waals surface area contributed by atoms with E-state index < -0.39 is 0 Å². The molecule has 0 fully saturated rings. The normalized spacial score (nSPS) is 17.6. The van der Waals surface area contributed by atoms with E-state index in [-0.39, 0.29) is 30.8 Å². The number of nitrogens with zero attached hydrogens (tertiary/aromatic N) is 15. The van der Waals surface area contributed by atoms with Crippen LogP contribution in [0.1, 0.15) is 62.4 Å². The number of rotatable bonds is 8. The van der Waals surface area contributed by atoms with Gasteiger partial charge < -0.3 is 82.1 Å². The molecule has 0 spiro atoms. The predicted octanol–water partition coefficient (Wildman–Crippen LogP) is 22.9. The second-order valence-corrected chi connectivity index (χ2v) is 28.8. The predicted molar refractivity (Wildman–Crippen MR) is 459 cm³/mol. The molecule has 2 aromatic heterocycles. The molecule has 0 bridgehead atoms. The summed E-state index contributed by atoms with van der Waals surface area (Å²) in [4.78, 5) is 38.8. The Morgan fingerprint density at radius 2 is 0.643 bits per heavy atom. The lowest BCUT2D eigenvalue weighted by Crippen LogP contribution is -2.34. The molecule has 558 valence electrons. The molecular weight excluding hydrogens is 1380 g/mol. The third kappa shape index (κ3) is 14.7. The van der Waals surface area contributed by atoms with E-state index in [0.717, 1.165) is 72.2 Å². The van der Waals surface area contributed by atoms with Crippen LogP contribution in [0, 0.1) is 67.5 Å². The Balaban J connectivity index is 0.000000123. The van der Waals surface area contributed by atoms with Crippen LogP contribution in [0.15, 0.2) is 287 Å². The maximum absolute atomic E-state index is 7.34. The number of benzene rings is 10. The molecule has 7 heterocycles. The van der Waals surface area contributed by atoms with Gasteiger partial charge in [-0.3, -0.25) is 0 Å². The van der Waals surface area contributed by atoms with Crippen molar-refractivity contribution in [3.05, 3.63) is 363 Å². The van der Waals surface area contributed by atoms with E-state index in [1.165, 1.54) is 61.3 Å². The molecule has 10 aromatic carbocycles. The average Bonchev–Trinajstić information content (AvgIpc) is 1.61. The highest BCUT2D eigenvalue weighted by Crippen LogP contribution is 2.44. The summed E-state index contributed by atoms with van der Waals surface area (Å²) >= 11 is 0. The van der Waals surface area contributed by atoms with Crippen LogP contribution in [-0.4, -0.2) is 90.6 Å². The molecule has 0 N–H and O–H groups in total. The lowest BCUT2D eigenvalue weighted by atomic mass is 9.99. The molecule has 5 aliphatic heterocycles. The van der Waals surface area contributed by atoms with E-state index in [1.807, 2.05) is 145 Å². The summed E-state index contributed by atoms with van der Waals surface area (Å²) in [7, 11) is 9.79. The molecule has 112 heavy (non-hydrogen) atoms. The van der Waals surface area contributed by atoms with Gasteiger partial charge in [0.05, 0.1) is 46.6 Å². The van der Waals surface area contributed by atoms with Gasteiger partial charge in [-0.05, 0) is 161 Å². The SMILES string of the molecule is [C-]#[N+]C1=CN(c2c(C)ccc3c2oc2ccccc23)[C@@H](C)N1C.[C-]#[N+]C1=CN(c2c(C)cccc2-c2ccccc2)[C@@H](C)N1C.[C-]#[N+]C1=CN(c2cc(-c3ccccc3)ccc2C)[C@@H](C)N1C.[C-]#[N+]C1=CN(c2cc3oc4ccccc4c3cc2C)[C@@H](C)N1C.[C-]#[N+]C1=CN(c2ccc(-c3ccccc3)cc2C)[C@@H](C)N1C. The van der Waals surface area contributed by atoms with E-state index in [0.29, 0.717) is 29.1 Å². The summed E-state index contributed by atoms with van der Waals surface area (Å²) < 4.78 is 12.2. The maximum atomic E-state index is 7.34. The molecule has 0 unspecified atom stereocenters. The molecule has 0 amide bonds. The van der Waals surface area contributed by atoms with Gasteiger partial charge in [-0.2, -0.15) is 0 Å². The second-order valence-electron chi connectivity index (χ2n) is 28.8. The summed E-state index contributed by atoms with van der Waals surface area (Å²) in [5.41, 5.74) is 22.3. The zero-order valence-corrected chi connectivity index (χ0v) is 66.1. The molecule has 12 aromatic rings. The summed E-state index contributed by atoms with van der Waals surface area (Å²) in [5.74, 6) is 3.33. The zero-order chi connectivity index (χ0) is 79.3. The Bertz CT molecular complexity index is 5940. The van der Waals surface area contributed by atoms with Gasteiger partial charge in [-0.1, -0.05) is 209 Å². The van der Waals surface area contributed by atoms with Crippen LogP contribution in [-0.2, 0) is 0 Å². The van der Waals surface area contributed by atoms with Crippen molar-refractivity contribution in [3.63, 3.8) is 0 Å². The first-order chi connectivity index (χ1) is 54.1. The first-order valence-corrected chi connectivity index (χ1v) is 37.4. The highest BCUT2D eigenvalue weighted by atomic mass is 16.3. The first kappa shape index (κ1) is 76.2. The highest BCUT2D eigenvalue weighted by molar-refractivity contribution is 6.10. The number of fused-ring (bicyclic) bond motifs is 6. The second kappa shape index (κ2) is 32.4. The van der Waals surface area contributed by atoms with Gasteiger partial charge in [-0.25, -0.2) is 0 Å². The smallest absolute Gasteiger partial charge is 0.243 e. The minimum atomic E-state index is 0.0802. The number of hydrogen-bond acceptors (Lipinski definition) is 12. The zero-order valence-electron chi connectivity index (χ0n) is 66.1. The number of para-hydroxylation sites is 3. The van der Waals surface area contributed by atoms with Gasteiger partial charge in [0.1, 0.15) is 16.7 Å². The molecule has 0 saturated heterocycles. The number of hydrogen-bond donors (Lipinski definition) is 0. The topological polar surface area (TPSA) is 80.5 Å². The van der Waals surface area contributed by atoms with Crippen LogP contribution in [0.2, 0.25) is 0 Å². The molecule has 0 aliphatic carbocycles. The van der Waals surface area contributed by atoms with E-state index in [1.54, 1.807) is 0 Å². The van der Waals surface area contributed by atoms with Crippen molar-refractivity contribution in [1.82, 2.24) is 24.5 Å². The Labute approximate surface area is 658 Å². The van der Waals surface area contributed by atoms with Gasteiger partial charge in [0.15, 0.2) is 36.4 Å². The van der Waals surface area contributed by atoms with Crippen molar-refractivity contribution in [1.29, 1.82) is 0 Å². The van der Waals surface area contributed by atoms with E-state index >= 15 is 0 Å². The van der Waals surface area contributed by atoms with Gasteiger partial charge in [0.25, 0.3) is 0 Å². The van der Waals surface area contributed by atoms with Crippen molar-refractivity contribution in [2.24, 2.45) is 0 Å². The largest absolute Gasteiger partial charge is 0.456 e. The number of furan rings is 2. The van der Waals surface area contributed by atoms with Crippen LogP contribution < -0.4 is 24.5 Å². The molecule has 17 heteroatoms. The summed E-state index contributed by atoms with van der Waals surface area (Å²) in [6.07, 6.45) is 10.3. The quantitative estimate of drug-likeness (QED) is 0.136. The lowest BCUT2D eigenvalue weighted by molar-refractivity contribution is 0.364. The van der Waals surface area contributed by atoms with Crippen LogP contribution in [0.4, 0.5) is 28.4 Å². The van der Waals surface area contributed by atoms with Gasteiger partial charge >= 0.3 is 0 Å². The third-order valence-electron chi connectivity index (χ3n) is 22.2. The Hall–Kier alpha value is -14.1. The monoisotopic (exact) mass is 1470 g/mol. The Morgan fingerprint density at radius 3 is 1.12 bits per heavy atom. The van der Waals surface area contributed by atoms with Crippen molar-refractivity contribution in [3.8, 4) is 33.4 Å². The van der Waals surface area contributed by atoms with Gasteiger partial charge in [0, 0.05) is 81.2 Å². The van der Waals surface area contributed by atoms with Crippen molar-refractivity contribution >= 4 is 72.3 Å². The molecule has 0 saturated carbocycles. The summed E-state index contributed by atoms with van der Waals surface area (Å²) in [5, 5.41) is 4.51. The molecular formula is C95H91N15O2. The van der Waals surface area contributed by atoms with E-state index in [2.05, 4.69) is 282 Å². The first-order valence-electron chi connectivity index (χ1n) is 37.4.